The number of amides is 1. The van der Waals surface area contributed by atoms with Gasteiger partial charge in [0.05, 0.1) is 12.5 Å². The van der Waals surface area contributed by atoms with Crippen molar-refractivity contribution in [2.75, 3.05) is 6.54 Å². The quantitative estimate of drug-likeness (QED) is 0.193. The maximum atomic E-state index is 12.4. The maximum absolute atomic E-state index is 12.4. The summed E-state index contributed by atoms with van der Waals surface area (Å²) in [4.78, 5) is 46.8. The Labute approximate surface area is 179 Å². The molecule has 0 heterocycles. The standard InChI is InChI=1S/C21H39N3O6/c1-2-3-9-15(14-19(26)27)20(28)24-17(21(29)30)11-5-4-6-12-18(25)16(23)10-7-8-13-22/h15-17H,2-14,22-23H2,1H3,(H,24,28)(H,26,27)(H,29,30). The Kier molecular flexibility index (Phi) is 15.6. The second-order valence-corrected chi connectivity index (χ2v) is 7.79. The molecule has 3 atom stereocenters. The van der Waals surface area contributed by atoms with Gasteiger partial charge in [-0.15, -0.1) is 0 Å². The minimum Gasteiger partial charge on any atom is -0.481 e. The van der Waals surface area contributed by atoms with Gasteiger partial charge in [0.15, 0.2) is 0 Å². The maximum Gasteiger partial charge on any atom is 0.326 e. The Morgan fingerprint density at radius 3 is 2.13 bits per heavy atom. The van der Waals surface area contributed by atoms with Crippen molar-refractivity contribution in [3.63, 3.8) is 0 Å². The van der Waals surface area contributed by atoms with E-state index in [0.29, 0.717) is 51.5 Å². The van der Waals surface area contributed by atoms with Crippen LogP contribution in [0.3, 0.4) is 0 Å². The summed E-state index contributed by atoms with van der Waals surface area (Å²) in [6.45, 7) is 2.52. The predicted octanol–water partition coefficient (Wildman–Crippen LogP) is 1.81. The SMILES string of the molecule is CCCCC(CC(=O)O)C(=O)NC(CCCCCC(=O)C(N)CCCCN)C(=O)O. The minimum absolute atomic E-state index is 0.00236. The van der Waals surface area contributed by atoms with Crippen LogP contribution in [0, 0.1) is 5.92 Å². The summed E-state index contributed by atoms with van der Waals surface area (Å²) in [7, 11) is 0. The third-order valence-corrected chi connectivity index (χ3v) is 5.11. The lowest BCUT2D eigenvalue weighted by Gasteiger charge is -2.19. The van der Waals surface area contributed by atoms with Gasteiger partial charge in [-0.3, -0.25) is 14.4 Å². The van der Waals surface area contributed by atoms with Crippen LogP contribution in [0.2, 0.25) is 0 Å². The van der Waals surface area contributed by atoms with Crippen molar-refractivity contribution in [3.05, 3.63) is 0 Å². The van der Waals surface area contributed by atoms with E-state index in [1.165, 1.54) is 0 Å². The molecule has 0 saturated heterocycles. The fraction of sp³-hybridized carbons (Fsp3) is 0.810. The molecule has 30 heavy (non-hydrogen) atoms. The highest BCUT2D eigenvalue weighted by Crippen LogP contribution is 2.15. The number of hydrogen-bond acceptors (Lipinski definition) is 6. The molecule has 0 spiro atoms. The Balaban J connectivity index is 4.36. The number of carboxylic acid groups (broad SMARTS) is 2. The van der Waals surface area contributed by atoms with E-state index in [1.807, 2.05) is 6.92 Å². The summed E-state index contributed by atoms with van der Waals surface area (Å²) in [5, 5.41) is 20.8. The van der Waals surface area contributed by atoms with Crippen LogP contribution in [0.5, 0.6) is 0 Å². The van der Waals surface area contributed by atoms with Gasteiger partial charge in [-0.25, -0.2) is 4.79 Å². The zero-order valence-electron chi connectivity index (χ0n) is 18.1. The Bertz CT molecular complexity index is 541. The van der Waals surface area contributed by atoms with Gasteiger partial charge >= 0.3 is 11.9 Å². The van der Waals surface area contributed by atoms with Gasteiger partial charge in [0.1, 0.15) is 11.8 Å². The van der Waals surface area contributed by atoms with E-state index in [2.05, 4.69) is 5.32 Å². The summed E-state index contributed by atoms with van der Waals surface area (Å²) in [6, 6.07) is -1.54. The first-order valence-corrected chi connectivity index (χ1v) is 11.0. The smallest absolute Gasteiger partial charge is 0.326 e. The van der Waals surface area contributed by atoms with Gasteiger partial charge < -0.3 is 27.0 Å². The lowest BCUT2D eigenvalue weighted by atomic mass is 9.96. The van der Waals surface area contributed by atoms with Crippen LogP contribution in [0.25, 0.3) is 0 Å². The Hall–Kier alpha value is -2.00. The molecule has 0 aromatic rings. The van der Waals surface area contributed by atoms with E-state index in [4.69, 9.17) is 16.6 Å². The van der Waals surface area contributed by atoms with Crippen molar-refractivity contribution in [1.82, 2.24) is 5.32 Å². The molecule has 0 aromatic carbocycles. The molecule has 7 N–H and O–H groups in total. The first kappa shape index (κ1) is 28.0. The van der Waals surface area contributed by atoms with Crippen LogP contribution in [-0.4, -0.2) is 52.5 Å². The summed E-state index contributed by atoms with van der Waals surface area (Å²) in [6.07, 6.45) is 6.28. The lowest BCUT2D eigenvalue weighted by Crippen LogP contribution is -2.44. The fourth-order valence-electron chi connectivity index (χ4n) is 3.21. The highest BCUT2D eigenvalue weighted by atomic mass is 16.4. The normalized spacial score (nSPS) is 14.0. The van der Waals surface area contributed by atoms with Gasteiger partial charge in [0.2, 0.25) is 5.91 Å². The molecule has 0 aliphatic heterocycles. The number of ketones is 1. The highest BCUT2D eigenvalue weighted by molar-refractivity contribution is 5.87. The summed E-state index contributed by atoms with van der Waals surface area (Å²) < 4.78 is 0. The predicted molar refractivity (Wildman–Crippen MR) is 114 cm³/mol. The molecular weight excluding hydrogens is 390 g/mol. The van der Waals surface area contributed by atoms with Crippen LogP contribution in [0.4, 0.5) is 0 Å². The number of nitrogens with two attached hydrogens (primary N) is 2. The molecule has 0 fully saturated rings. The van der Waals surface area contributed by atoms with Crippen LogP contribution in [0.1, 0.15) is 84.0 Å². The van der Waals surface area contributed by atoms with E-state index >= 15 is 0 Å². The number of Topliss-reactive ketones (excluding diaryl/α,β-unsaturated/α-hetero) is 1. The van der Waals surface area contributed by atoms with E-state index in [-0.39, 0.29) is 18.6 Å². The number of carbonyl (C=O) groups is 4. The zero-order valence-corrected chi connectivity index (χ0v) is 18.1. The number of nitrogens with one attached hydrogen (secondary N) is 1. The number of carbonyl (C=O) groups excluding carboxylic acids is 2. The van der Waals surface area contributed by atoms with Crippen LogP contribution < -0.4 is 16.8 Å². The molecule has 0 radical (unpaired) electrons. The average Bonchev–Trinajstić information content (AvgIpc) is 2.69. The molecule has 0 bridgehead atoms. The third-order valence-electron chi connectivity index (χ3n) is 5.11. The molecule has 0 rings (SSSR count). The Morgan fingerprint density at radius 2 is 1.57 bits per heavy atom. The molecule has 9 heteroatoms. The molecule has 0 aromatic heterocycles. The topological polar surface area (TPSA) is 173 Å². The summed E-state index contributed by atoms with van der Waals surface area (Å²) in [5.41, 5.74) is 11.3. The monoisotopic (exact) mass is 429 g/mol. The molecule has 174 valence electrons. The Morgan fingerprint density at radius 1 is 0.900 bits per heavy atom. The van der Waals surface area contributed by atoms with E-state index in [9.17, 15) is 24.3 Å². The molecule has 3 unspecified atom stereocenters. The number of carboxylic acids is 2. The largest absolute Gasteiger partial charge is 0.481 e. The number of hydrogen-bond donors (Lipinski definition) is 5. The third kappa shape index (κ3) is 13.3. The summed E-state index contributed by atoms with van der Waals surface area (Å²) >= 11 is 0. The van der Waals surface area contributed by atoms with Crippen LogP contribution >= 0.6 is 0 Å². The van der Waals surface area contributed by atoms with Gasteiger partial charge in [-0.1, -0.05) is 39.0 Å². The fourth-order valence-corrected chi connectivity index (χ4v) is 3.21. The molecule has 1 amide bonds. The number of unbranched alkanes of at least 4 members (excludes halogenated alkanes) is 4. The van der Waals surface area contributed by atoms with E-state index in [1.54, 1.807) is 0 Å². The van der Waals surface area contributed by atoms with Gasteiger partial charge in [0.25, 0.3) is 0 Å². The second-order valence-electron chi connectivity index (χ2n) is 7.79. The number of rotatable bonds is 19. The zero-order chi connectivity index (χ0) is 22.9. The molecular formula is C21H39N3O6. The highest BCUT2D eigenvalue weighted by Gasteiger charge is 2.26. The van der Waals surface area contributed by atoms with Gasteiger partial charge in [-0.2, -0.15) is 0 Å². The first-order valence-electron chi connectivity index (χ1n) is 11.0. The van der Waals surface area contributed by atoms with Crippen LogP contribution in [-0.2, 0) is 19.2 Å². The first-order chi connectivity index (χ1) is 14.2. The van der Waals surface area contributed by atoms with Crippen molar-refractivity contribution < 1.29 is 29.4 Å². The minimum atomic E-state index is -1.15. The van der Waals surface area contributed by atoms with E-state index < -0.39 is 35.8 Å². The lowest BCUT2D eigenvalue weighted by molar-refractivity contribution is -0.144. The number of aliphatic carboxylic acids is 2. The molecule has 0 saturated carbocycles. The van der Waals surface area contributed by atoms with Gasteiger partial charge in [0, 0.05) is 12.3 Å². The van der Waals surface area contributed by atoms with Crippen molar-refractivity contribution in [2.24, 2.45) is 17.4 Å². The molecule has 0 aliphatic carbocycles. The van der Waals surface area contributed by atoms with E-state index in [0.717, 1.165) is 19.3 Å². The van der Waals surface area contributed by atoms with Gasteiger partial charge in [-0.05, 0) is 38.6 Å². The van der Waals surface area contributed by atoms with Crippen molar-refractivity contribution >= 4 is 23.6 Å². The second kappa shape index (κ2) is 16.8. The average molecular weight is 430 g/mol. The van der Waals surface area contributed by atoms with Crippen molar-refractivity contribution in [2.45, 2.75) is 96.1 Å². The molecule has 9 nitrogen and oxygen atoms in total. The van der Waals surface area contributed by atoms with Crippen molar-refractivity contribution in [3.8, 4) is 0 Å². The van der Waals surface area contributed by atoms with Crippen molar-refractivity contribution in [1.29, 1.82) is 0 Å². The van der Waals surface area contributed by atoms with Crippen LogP contribution in [0.15, 0.2) is 0 Å². The summed E-state index contributed by atoms with van der Waals surface area (Å²) in [5.74, 6) is -3.49. The molecule has 0 aliphatic rings.